The van der Waals surface area contributed by atoms with Gasteiger partial charge in [-0.15, -0.1) is 0 Å². The highest BCUT2D eigenvalue weighted by Crippen LogP contribution is 2.31. The van der Waals surface area contributed by atoms with E-state index in [0.29, 0.717) is 17.2 Å². The summed E-state index contributed by atoms with van der Waals surface area (Å²) < 4.78 is 16.7. The van der Waals surface area contributed by atoms with Crippen molar-refractivity contribution in [3.05, 3.63) is 119 Å². The number of nitrogens with one attached hydrogen (secondary N) is 1. The summed E-state index contributed by atoms with van der Waals surface area (Å²) in [6.07, 6.45) is 7.73. The minimum Gasteiger partial charge on any atom is -0.306 e. The fraction of sp³-hybridized carbons (Fsp3) is 0.250. The molecule has 1 atom stereocenters. The Bertz CT molecular complexity index is 1660. The van der Waals surface area contributed by atoms with Gasteiger partial charge in [0.2, 0.25) is 0 Å². The van der Waals surface area contributed by atoms with Gasteiger partial charge in [-0.3, -0.25) is 14.8 Å². The average molecular weight is 520 g/mol. The van der Waals surface area contributed by atoms with Gasteiger partial charge >= 0.3 is 0 Å². The Hall–Kier alpha value is -4.23. The Morgan fingerprint density at radius 2 is 1.82 bits per heavy atom. The summed E-state index contributed by atoms with van der Waals surface area (Å²) >= 11 is 0. The van der Waals surface area contributed by atoms with E-state index in [4.69, 9.17) is 0 Å². The summed E-state index contributed by atoms with van der Waals surface area (Å²) in [7, 11) is 0. The van der Waals surface area contributed by atoms with Gasteiger partial charge in [0.25, 0.3) is 0 Å². The first-order valence-electron chi connectivity index (χ1n) is 13.3. The minimum atomic E-state index is -0.391. The van der Waals surface area contributed by atoms with Crippen LogP contribution in [0.15, 0.2) is 79.3 Å². The second-order valence-electron chi connectivity index (χ2n) is 10.4. The molecule has 3 aromatic heterocycles. The van der Waals surface area contributed by atoms with Crippen LogP contribution >= 0.6 is 0 Å². The molecule has 0 bridgehead atoms. The number of hydrogen-bond donors (Lipinski definition) is 1. The molecule has 1 unspecified atom stereocenters. The summed E-state index contributed by atoms with van der Waals surface area (Å²) in [5, 5.41) is 10.3. The summed E-state index contributed by atoms with van der Waals surface area (Å²) in [6.45, 7) is 4.71. The number of fused-ring (bicyclic) bond motifs is 1. The molecule has 6 nitrogen and oxygen atoms in total. The van der Waals surface area contributed by atoms with Crippen molar-refractivity contribution >= 4 is 16.6 Å². The van der Waals surface area contributed by atoms with Crippen molar-refractivity contribution in [2.75, 3.05) is 6.54 Å². The molecule has 6 rings (SSSR count). The van der Waals surface area contributed by atoms with Crippen LogP contribution in [-0.2, 0) is 6.42 Å². The highest BCUT2D eigenvalue weighted by molar-refractivity contribution is 5.97. The fourth-order valence-electron chi connectivity index (χ4n) is 5.09. The van der Waals surface area contributed by atoms with Gasteiger partial charge in [-0.1, -0.05) is 18.2 Å². The van der Waals surface area contributed by atoms with E-state index in [1.807, 2.05) is 56.3 Å². The third kappa shape index (κ3) is 5.36. The highest BCUT2D eigenvalue weighted by atomic mass is 19.1. The minimum absolute atomic E-state index is 0.0648. The van der Waals surface area contributed by atoms with Crippen LogP contribution in [0, 0.1) is 25.6 Å². The van der Waals surface area contributed by atoms with E-state index in [2.05, 4.69) is 20.4 Å². The first kappa shape index (κ1) is 25.1. The number of ketones is 1. The molecule has 0 radical (unpaired) electrons. The molecular weight excluding hydrogens is 489 g/mol. The normalized spacial score (nSPS) is 14.0. The molecular formula is C32H30FN5O. The van der Waals surface area contributed by atoms with E-state index in [0.717, 1.165) is 45.5 Å². The Labute approximate surface area is 226 Å². The maximum atomic E-state index is 15.1. The van der Waals surface area contributed by atoms with Crippen LogP contribution in [0.1, 0.15) is 57.5 Å². The van der Waals surface area contributed by atoms with E-state index in [1.54, 1.807) is 35.4 Å². The quantitative estimate of drug-likeness (QED) is 0.239. The molecule has 3 heterocycles. The van der Waals surface area contributed by atoms with Gasteiger partial charge in [-0.05, 0) is 104 Å². The van der Waals surface area contributed by atoms with Gasteiger partial charge in [-0.25, -0.2) is 9.07 Å². The van der Waals surface area contributed by atoms with E-state index in [1.165, 1.54) is 18.9 Å². The zero-order chi connectivity index (χ0) is 26.9. The molecule has 5 aromatic rings. The van der Waals surface area contributed by atoms with Gasteiger partial charge in [-0.2, -0.15) is 5.10 Å². The van der Waals surface area contributed by atoms with E-state index < -0.39 is 5.82 Å². The molecule has 0 spiro atoms. The third-order valence-electron chi connectivity index (χ3n) is 7.41. The van der Waals surface area contributed by atoms with Crippen molar-refractivity contribution in [3.63, 3.8) is 0 Å². The van der Waals surface area contributed by atoms with Crippen LogP contribution in [0.2, 0.25) is 0 Å². The number of nitrogens with zero attached hydrogens (tertiary/aromatic N) is 4. The lowest BCUT2D eigenvalue weighted by Crippen LogP contribution is -2.25. The number of pyridine rings is 2. The number of benzene rings is 2. The number of halogens is 1. The zero-order valence-corrected chi connectivity index (χ0v) is 22.1. The summed E-state index contributed by atoms with van der Waals surface area (Å²) in [4.78, 5) is 22.2. The van der Waals surface area contributed by atoms with E-state index >= 15 is 4.39 Å². The van der Waals surface area contributed by atoms with Crippen molar-refractivity contribution in [2.24, 2.45) is 5.92 Å². The number of aryl methyl sites for hydroxylation is 2. The number of carbonyl (C=O) groups excluding carboxylic acids is 1. The third-order valence-corrected chi connectivity index (χ3v) is 7.41. The van der Waals surface area contributed by atoms with Crippen molar-refractivity contribution in [2.45, 2.75) is 39.2 Å². The summed E-state index contributed by atoms with van der Waals surface area (Å²) in [5.74, 6) is 0.105. The van der Waals surface area contributed by atoms with Crippen LogP contribution in [0.25, 0.3) is 16.5 Å². The molecule has 1 aliphatic rings. The smallest absolute Gasteiger partial charge is 0.185 e. The number of hydrogen-bond acceptors (Lipinski definition) is 5. The maximum Gasteiger partial charge on any atom is 0.185 e. The van der Waals surface area contributed by atoms with E-state index in [9.17, 15) is 4.79 Å². The molecule has 7 heteroatoms. The molecule has 2 aromatic carbocycles. The first-order valence-corrected chi connectivity index (χ1v) is 13.3. The van der Waals surface area contributed by atoms with E-state index in [-0.39, 0.29) is 18.2 Å². The Kier molecular flexibility index (Phi) is 6.75. The SMILES string of the molecule is Cc1cc(C(=O)Cc2cc(C(NCC3CC3)c3ccncc3)ccc2F)n(-c2ccc3ccnc(C)c3c2)n1. The Morgan fingerprint density at radius 3 is 2.62 bits per heavy atom. The Balaban J connectivity index is 1.31. The maximum absolute atomic E-state index is 15.1. The van der Waals surface area contributed by atoms with Crippen LogP contribution in [0.4, 0.5) is 4.39 Å². The van der Waals surface area contributed by atoms with Crippen molar-refractivity contribution in [1.82, 2.24) is 25.1 Å². The fourth-order valence-corrected chi connectivity index (χ4v) is 5.09. The molecule has 196 valence electrons. The number of carbonyl (C=O) groups is 1. The molecule has 0 saturated heterocycles. The highest BCUT2D eigenvalue weighted by Gasteiger charge is 2.24. The lowest BCUT2D eigenvalue weighted by Gasteiger charge is -2.21. The lowest BCUT2D eigenvalue weighted by molar-refractivity contribution is 0.0984. The Morgan fingerprint density at radius 1 is 1.00 bits per heavy atom. The van der Waals surface area contributed by atoms with Crippen LogP contribution in [0.5, 0.6) is 0 Å². The predicted octanol–water partition coefficient (Wildman–Crippen LogP) is 6.09. The molecule has 1 fully saturated rings. The molecule has 1 N–H and O–H groups in total. The summed E-state index contributed by atoms with van der Waals surface area (Å²) in [5.41, 5.74) is 5.18. The second-order valence-corrected chi connectivity index (χ2v) is 10.4. The molecule has 1 aliphatic carbocycles. The largest absolute Gasteiger partial charge is 0.306 e. The van der Waals surface area contributed by atoms with Crippen LogP contribution in [-0.4, -0.2) is 32.1 Å². The zero-order valence-electron chi connectivity index (χ0n) is 22.1. The van der Waals surface area contributed by atoms with Gasteiger partial charge in [0.1, 0.15) is 11.5 Å². The topological polar surface area (TPSA) is 72.7 Å². The van der Waals surface area contributed by atoms with Crippen molar-refractivity contribution in [1.29, 1.82) is 0 Å². The monoisotopic (exact) mass is 519 g/mol. The number of aromatic nitrogens is 4. The number of Topliss-reactive ketones (excluding diaryl/α,β-unsaturated/α-hetero) is 1. The molecule has 0 aliphatic heterocycles. The van der Waals surface area contributed by atoms with Crippen LogP contribution < -0.4 is 5.32 Å². The molecule has 39 heavy (non-hydrogen) atoms. The van der Waals surface area contributed by atoms with Gasteiger partial charge in [0.15, 0.2) is 5.78 Å². The lowest BCUT2D eigenvalue weighted by atomic mass is 9.95. The summed E-state index contributed by atoms with van der Waals surface area (Å²) in [6, 6.07) is 18.6. The van der Waals surface area contributed by atoms with Crippen LogP contribution in [0.3, 0.4) is 0 Å². The van der Waals surface area contributed by atoms with Gasteiger partial charge in [0.05, 0.1) is 17.4 Å². The van der Waals surface area contributed by atoms with Gasteiger partial charge in [0, 0.05) is 36.1 Å². The standard InChI is InChI=1S/C32H30FN5O/c1-20-15-30(38(37-20)27-7-5-23-11-14-35-21(2)28(23)18-27)31(39)17-26-16-25(6-8-29(26)33)32(36-19-22-3-4-22)24-9-12-34-13-10-24/h5-16,18,22,32,36H,3-4,17,19H2,1-2H3. The van der Waals surface area contributed by atoms with Crippen molar-refractivity contribution < 1.29 is 9.18 Å². The van der Waals surface area contributed by atoms with Gasteiger partial charge < -0.3 is 5.32 Å². The first-order chi connectivity index (χ1) is 19.0. The molecule has 0 amide bonds. The second kappa shape index (κ2) is 10.5. The van der Waals surface area contributed by atoms with Crippen molar-refractivity contribution in [3.8, 4) is 5.69 Å². The number of rotatable bonds is 9. The average Bonchev–Trinajstić information content (AvgIpc) is 3.69. The predicted molar refractivity (Wildman–Crippen MR) is 150 cm³/mol. The molecule has 1 saturated carbocycles.